The fourth-order valence-corrected chi connectivity index (χ4v) is 0.341. The second-order valence-electron chi connectivity index (χ2n) is 1.35. The average molecular weight is 214 g/mol. The maximum atomic E-state index is 9.74. The molecule has 0 aromatic rings. The van der Waals surface area contributed by atoms with E-state index in [2.05, 4.69) is 20.2 Å². The molecule has 7 nitrogen and oxygen atoms in total. The Labute approximate surface area is 75.9 Å². The topological polar surface area (TPSA) is 99.1 Å². The summed E-state index contributed by atoms with van der Waals surface area (Å²) < 4.78 is 38.3. The van der Waals surface area contributed by atoms with Crippen LogP contribution in [0.3, 0.4) is 0 Å². The van der Waals surface area contributed by atoms with Crippen molar-refractivity contribution in [3.8, 4) is 0 Å². The summed E-state index contributed by atoms with van der Waals surface area (Å²) in [6.45, 7) is 2.88. The van der Waals surface area contributed by atoms with Crippen LogP contribution < -0.4 is 0 Å². The van der Waals surface area contributed by atoms with E-state index in [0.29, 0.717) is 6.26 Å². The minimum atomic E-state index is -4.29. The summed E-state index contributed by atoms with van der Waals surface area (Å²) in [6, 6.07) is 0. The van der Waals surface area contributed by atoms with Crippen LogP contribution in [-0.2, 0) is 24.1 Å². The quantitative estimate of drug-likeness (QED) is 0.402. The SMILES string of the molecule is C=COS(=O)(=O)O.COC(=O)OC. The smallest absolute Gasteiger partial charge is 0.438 e. The Morgan fingerprint density at radius 1 is 1.38 bits per heavy atom. The highest BCUT2D eigenvalue weighted by molar-refractivity contribution is 7.81. The Balaban J connectivity index is 0. The van der Waals surface area contributed by atoms with E-state index in [1.165, 1.54) is 14.2 Å². The molecule has 0 radical (unpaired) electrons. The van der Waals surface area contributed by atoms with Gasteiger partial charge in [-0.15, -0.1) is 0 Å². The van der Waals surface area contributed by atoms with Crippen molar-refractivity contribution < 1.29 is 31.4 Å². The van der Waals surface area contributed by atoms with Crippen LogP contribution in [0.4, 0.5) is 4.79 Å². The van der Waals surface area contributed by atoms with E-state index >= 15 is 0 Å². The number of carbonyl (C=O) groups is 1. The lowest BCUT2D eigenvalue weighted by molar-refractivity contribution is 0.0924. The zero-order chi connectivity index (χ0) is 10.9. The van der Waals surface area contributed by atoms with Gasteiger partial charge in [-0.25, -0.2) is 4.79 Å². The van der Waals surface area contributed by atoms with Gasteiger partial charge in [0, 0.05) is 0 Å². The fraction of sp³-hybridized carbons (Fsp3) is 0.400. The molecule has 0 unspecified atom stereocenters. The highest BCUT2D eigenvalue weighted by atomic mass is 32.3. The van der Waals surface area contributed by atoms with Gasteiger partial charge in [-0.3, -0.25) is 4.55 Å². The predicted molar refractivity (Wildman–Crippen MR) is 42.2 cm³/mol. The molecule has 0 aliphatic rings. The number of carbonyl (C=O) groups excluding carboxylic acids is 1. The zero-order valence-corrected chi connectivity index (χ0v) is 7.91. The molecule has 1 N–H and O–H groups in total. The number of hydrogen-bond acceptors (Lipinski definition) is 6. The van der Waals surface area contributed by atoms with Crippen LogP contribution in [0.2, 0.25) is 0 Å². The lowest BCUT2D eigenvalue weighted by Crippen LogP contribution is -1.97. The van der Waals surface area contributed by atoms with Gasteiger partial charge in [0.2, 0.25) is 0 Å². The summed E-state index contributed by atoms with van der Waals surface area (Å²) in [7, 11) is -1.78. The van der Waals surface area contributed by atoms with Crippen LogP contribution in [0.15, 0.2) is 12.8 Å². The van der Waals surface area contributed by atoms with Crippen molar-refractivity contribution in [1.29, 1.82) is 0 Å². The largest absolute Gasteiger partial charge is 0.507 e. The van der Waals surface area contributed by atoms with E-state index in [1.54, 1.807) is 0 Å². The van der Waals surface area contributed by atoms with Crippen LogP contribution in [0.25, 0.3) is 0 Å². The van der Waals surface area contributed by atoms with Gasteiger partial charge in [0.15, 0.2) is 0 Å². The van der Waals surface area contributed by atoms with Gasteiger partial charge in [0.1, 0.15) is 6.26 Å². The normalized spacial score (nSPS) is 8.85. The van der Waals surface area contributed by atoms with Crippen molar-refractivity contribution in [3.63, 3.8) is 0 Å². The second-order valence-corrected chi connectivity index (χ2v) is 2.40. The standard InChI is InChI=1S/C3H6O3.C2H4O4S/c1-5-3(4)6-2;1-2-6-7(3,4)5/h1-2H3;2H,1H2,(H,3,4,5). The number of methoxy groups -OCH3 is 2. The molecule has 8 heteroatoms. The number of rotatable bonds is 2. The van der Waals surface area contributed by atoms with Crippen molar-refractivity contribution in [2.45, 2.75) is 0 Å². The highest BCUT2D eigenvalue weighted by Gasteiger charge is 1.96. The summed E-state index contributed by atoms with van der Waals surface area (Å²) in [5.74, 6) is 0. The summed E-state index contributed by atoms with van der Waals surface area (Å²) in [5, 5.41) is 0. The van der Waals surface area contributed by atoms with Gasteiger partial charge in [-0.1, -0.05) is 6.58 Å². The molecule has 0 aliphatic heterocycles. The maximum Gasteiger partial charge on any atom is 0.507 e. The summed E-state index contributed by atoms with van der Waals surface area (Å²) in [5.41, 5.74) is 0. The van der Waals surface area contributed by atoms with E-state index in [0.717, 1.165) is 0 Å². The van der Waals surface area contributed by atoms with Crippen molar-refractivity contribution in [3.05, 3.63) is 12.8 Å². The van der Waals surface area contributed by atoms with E-state index in [4.69, 9.17) is 4.55 Å². The maximum absolute atomic E-state index is 9.74. The first kappa shape index (κ1) is 14.3. The Morgan fingerprint density at radius 3 is 1.77 bits per heavy atom. The third kappa shape index (κ3) is 18.1. The molecule has 0 heterocycles. The monoisotopic (exact) mass is 214 g/mol. The van der Waals surface area contributed by atoms with E-state index in [9.17, 15) is 13.2 Å². The minimum Gasteiger partial charge on any atom is -0.438 e. The average Bonchev–Trinajstić information content (AvgIpc) is 2.02. The van der Waals surface area contributed by atoms with Crippen LogP contribution in [0.1, 0.15) is 0 Å². The van der Waals surface area contributed by atoms with Crippen LogP contribution in [-0.4, -0.2) is 33.3 Å². The molecule has 0 aliphatic carbocycles. The van der Waals surface area contributed by atoms with Gasteiger partial charge in [0.25, 0.3) is 0 Å². The molecule has 0 atom stereocenters. The molecule has 0 saturated carbocycles. The molecular weight excluding hydrogens is 204 g/mol. The third-order valence-electron chi connectivity index (χ3n) is 0.523. The van der Waals surface area contributed by atoms with E-state index < -0.39 is 16.6 Å². The first-order valence-electron chi connectivity index (χ1n) is 2.76. The van der Waals surface area contributed by atoms with Gasteiger partial charge < -0.3 is 13.7 Å². The summed E-state index contributed by atoms with van der Waals surface area (Å²) >= 11 is 0. The zero-order valence-electron chi connectivity index (χ0n) is 7.09. The Hall–Kier alpha value is -1.28. The van der Waals surface area contributed by atoms with Gasteiger partial charge in [-0.05, 0) is 0 Å². The predicted octanol–water partition coefficient (Wildman–Crippen LogP) is 0.348. The Morgan fingerprint density at radius 2 is 1.77 bits per heavy atom. The molecular formula is C5H10O7S. The van der Waals surface area contributed by atoms with Crippen LogP contribution in [0, 0.1) is 0 Å². The number of ether oxygens (including phenoxy) is 2. The molecule has 0 saturated heterocycles. The van der Waals surface area contributed by atoms with Crippen LogP contribution in [0.5, 0.6) is 0 Å². The third-order valence-corrected chi connectivity index (χ3v) is 0.902. The molecule has 0 bridgehead atoms. The Bertz CT molecular complexity index is 236. The Kier molecular flexibility index (Phi) is 8.09. The molecule has 13 heavy (non-hydrogen) atoms. The van der Waals surface area contributed by atoms with Crippen molar-refractivity contribution >= 4 is 16.6 Å². The lowest BCUT2D eigenvalue weighted by atomic mass is 11.2. The molecule has 0 aromatic heterocycles. The van der Waals surface area contributed by atoms with E-state index in [1.807, 2.05) is 0 Å². The first-order valence-corrected chi connectivity index (χ1v) is 4.12. The lowest BCUT2D eigenvalue weighted by Gasteiger charge is -1.89. The van der Waals surface area contributed by atoms with Crippen molar-refractivity contribution in [1.82, 2.24) is 0 Å². The van der Waals surface area contributed by atoms with Crippen LogP contribution >= 0.6 is 0 Å². The molecule has 0 rings (SSSR count). The minimum absolute atomic E-state index is 0.620. The second kappa shape index (κ2) is 7.37. The number of hydrogen-bond donors (Lipinski definition) is 1. The van der Waals surface area contributed by atoms with Crippen molar-refractivity contribution in [2.24, 2.45) is 0 Å². The molecule has 0 spiro atoms. The summed E-state index contributed by atoms with van der Waals surface area (Å²) in [4.78, 5) is 9.74. The molecule has 78 valence electrons. The van der Waals surface area contributed by atoms with Crippen molar-refractivity contribution in [2.75, 3.05) is 14.2 Å². The van der Waals surface area contributed by atoms with E-state index in [-0.39, 0.29) is 0 Å². The molecule has 0 aromatic carbocycles. The van der Waals surface area contributed by atoms with Gasteiger partial charge >= 0.3 is 16.6 Å². The first-order chi connectivity index (χ1) is 5.87. The fourth-order valence-electron chi connectivity index (χ4n) is 0.169. The summed E-state index contributed by atoms with van der Waals surface area (Å²) in [6.07, 6.45) is -0.0370. The molecule has 0 amide bonds. The van der Waals surface area contributed by atoms with Gasteiger partial charge in [0.05, 0.1) is 14.2 Å². The highest BCUT2D eigenvalue weighted by Crippen LogP contribution is 1.82. The van der Waals surface area contributed by atoms with Gasteiger partial charge in [-0.2, -0.15) is 8.42 Å². The molecule has 0 fully saturated rings.